The second kappa shape index (κ2) is 8.44. The Hall–Kier alpha value is -2.93. The number of amides is 1. The summed E-state index contributed by atoms with van der Waals surface area (Å²) >= 11 is 0. The zero-order chi connectivity index (χ0) is 18.4. The van der Waals surface area contributed by atoms with E-state index in [1.54, 1.807) is 25.3 Å². The van der Waals surface area contributed by atoms with E-state index in [1.807, 2.05) is 12.1 Å². The summed E-state index contributed by atoms with van der Waals surface area (Å²) in [6.07, 6.45) is 3.13. The highest BCUT2D eigenvalue weighted by Crippen LogP contribution is 2.22. The number of oxazole rings is 1. The third-order valence-electron chi connectivity index (χ3n) is 3.75. The van der Waals surface area contributed by atoms with Crippen LogP contribution in [-0.4, -0.2) is 17.5 Å². The van der Waals surface area contributed by atoms with E-state index in [4.69, 9.17) is 13.7 Å². The molecule has 0 aliphatic rings. The van der Waals surface area contributed by atoms with Gasteiger partial charge in [-0.05, 0) is 49.7 Å². The lowest BCUT2D eigenvalue weighted by molar-refractivity contribution is -0.133. The summed E-state index contributed by atoms with van der Waals surface area (Å²) in [7, 11) is 0. The molecule has 0 bridgehead atoms. The van der Waals surface area contributed by atoms with Crippen LogP contribution in [0.25, 0.3) is 11.5 Å². The number of nitrogens with one attached hydrogen (secondary N) is 1. The molecule has 0 spiro atoms. The normalized spacial score (nSPS) is 10.8. The number of furan rings is 1. The number of hydrogen-bond donors (Lipinski definition) is 1. The van der Waals surface area contributed by atoms with Crippen LogP contribution >= 0.6 is 0 Å². The molecule has 26 heavy (non-hydrogen) atoms. The van der Waals surface area contributed by atoms with E-state index >= 15 is 0 Å². The van der Waals surface area contributed by atoms with Gasteiger partial charge in [-0.15, -0.1) is 0 Å². The van der Waals surface area contributed by atoms with E-state index in [2.05, 4.69) is 10.5 Å². The van der Waals surface area contributed by atoms with Crippen molar-refractivity contribution in [3.8, 4) is 11.5 Å². The van der Waals surface area contributed by atoms with Gasteiger partial charge in [0.15, 0.2) is 0 Å². The van der Waals surface area contributed by atoms with Crippen molar-refractivity contribution in [2.45, 2.75) is 26.2 Å². The summed E-state index contributed by atoms with van der Waals surface area (Å²) in [5.74, 6) is 1.12. The van der Waals surface area contributed by atoms with Crippen molar-refractivity contribution in [1.82, 2.24) is 10.5 Å². The van der Waals surface area contributed by atoms with Crippen LogP contribution in [0.5, 0.6) is 0 Å². The Morgan fingerprint density at radius 3 is 2.81 bits per heavy atom. The molecule has 7 heteroatoms. The number of carbonyl (C=O) groups excluding carboxylic acids is 1. The lowest BCUT2D eigenvalue weighted by Crippen LogP contribution is -2.26. The van der Waals surface area contributed by atoms with Gasteiger partial charge in [0.25, 0.3) is 0 Å². The predicted octanol–water partition coefficient (Wildman–Crippen LogP) is 3.61. The van der Waals surface area contributed by atoms with Crippen LogP contribution < -0.4 is 5.48 Å². The first kappa shape index (κ1) is 17.9. The molecule has 0 unspecified atom stereocenters. The number of aromatic nitrogens is 1. The SMILES string of the molecule is Cc1oc(-c2ccc(F)cc2)nc1CC(=O)NOCCCc1ccco1. The zero-order valence-electron chi connectivity index (χ0n) is 14.3. The van der Waals surface area contributed by atoms with Crippen LogP contribution in [-0.2, 0) is 22.5 Å². The molecule has 0 aliphatic carbocycles. The first-order valence-electron chi connectivity index (χ1n) is 8.27. The lowest BCUT2D eigenvalue weighted by atomic mass is 10.2. The standard InChI is InChI=1S/C19H19FN2O4/c1-13-17(21-19(26-13)14-6-8-15(20)9-7-14)12-18(23)22-25-11-3-5-16-4-2-10-24-16/h2,4,6-10H,3,5,11-12H2,1H3,(H,22,23). The van der Waals surface area contributed by atoms with Crippen LogP contribution in [0.3, 0.4) is 0 Å². The molecule has 3 aromatic rings. The number of aryl methyl sites for hydroxylation is 2. The van der Waals surface area contributed by atoms with Crippen LogP contribution in [0.15, 0.2) is 51.5 Å². The van der Waals surface area contributed by atoms with Crippen LogP contribution in [0, 0.1) is 12.7 Å². The number of hydroxylamine groups is 1. The third-order valence-corrected chi connectivity index (χ3v) is 3.75. The van der Waals surface area contributed by atoms with Crippen molar-refractivity contribution in [2.75, 3.05) is 6.61 Å². The molecule has 0 radical (unpaired) electrons. The average Bonchev–Trinajstić information content (AvgIpc) is 3.26. The first-order chi connectivity index (χ1) is 12.6. The number of benzene rings is 1. The van der Waals surface area contributed by atoms with Gasteiger partial charge in [-0.3, -0.25) is 9.63 Å². The van der Waals surface area contributed by atoms with Crippen molar-refractivity contribution >= 4 is 5.91 Å². The number of rotatable bonds is 8. The van der Waals surface area contributed by atoms with E-state index < -0.39 is 0 Å². The second-order valence-corrected chi connectivity index (χ2v) is 5.76. The topological polar surface area (TPSA) is 77.5 Å². The van der Waals surface area contributed by atoms with Crippen molar-refractivity contribution in [1.29, 1.82) is 0 Å². The Morgan fingerprint density at radius 2 is 2.08 bits per heavy atom. The van der Waals surface area contributed by atoms with Gasteiger partial charge in [-0.2, -0.15) is 0 Å². The van der Waals surface area contributed by atoms with Crippen LogP contribution in [0.4, 0.5) is 4.39 Å². The summed E-state index contributed by atoms with van der Waals surface area (Å²) in [6.45, 7) is 2.11. The third kappa shape index (κ3) is 4.80. The molecule has 2 heterocycles. The molecule has 1 amide bonds. The molecular weight excluding hydrogens is 339 g/mol. The molecule has 1 N–H and O–H groups in total. The van der Waals surface area contributed by atoms with Gasteiger partial charge in [0.1, 0.15) is 17.3 Å². The summed E-state index contributed by atoms with van der Waals surface area (Å²) in [5.41, 5.74) is 3.56. The molecule has 0 aliphatic heterocycles. The summed E-state index contributed by atoms with van der Waals surface area (Å²) in [4.78, 5) is 21.4. The molecule has 0 saturated heterocycles. The summed E-state index contributed by atoms with van der Waals surface area (Å²) < 4.78 is 23.8. The van der Waals surface area contributed by atoms with Crippen molar-refractivity contribution < 1.29 is 22.9 Å². The van der Waals surface area contributed by atoms with Gasteiger partial charge in [0, 0.05) is 12.0 Å². The van der Waals surface area contributed by atoms with Crippen molar-refractivity contribution in [2.24, 2.45) is 0 Å². The number of halogens is 1. The van der Waals surface area contributed by atoms with E-state index in [1.165, 1.54) is 12.1 Å². The Bertz CT molecular complexity index is 841. The van der Waals surface area contributed by atoms with Gasteiger partial charge >= 0.3 is 0 Å². The fourth-order valence-electron chi connectivity index (χ4n) is 2.40. The second-order valence-electron chi connectivity index (χ2n) is 5.76. The van der Waals surface area contributed by atoms with E-state index in [0.29, 0.717) is 29.5 Å². The van der Waals surface area contributed by atoms with E-state index in [-0.39, 0.29) is 18.1 Å². The molecule has 136 valence electrons. The fourth-order valence-corrected chi connectivity index (χ4v) is 2.40. The minimum atomic E-state index is -0.333. The lowest BCUT2D eigenvalue weighted by Gasteiger charge is -2.04. The highest BCUT2D eigenvalue weighted by atomic mass is 19.1. The highest BCUT2D eigenvalue weighted by molar-refractivity contribution is 5.77. The largest absolute Gasteiger partial charge is 0.469 e. The Labute approximate surface area is 149 Å². The van der Waals surface area contributed by atoms with Crippen molar-refractivity contribution in [3.05, 3.63) is 65.7 Å². The van der Waals surface area contributed by atoms with Crippen LogP contribution in [0.1, 0.15) is 23.6 Å². The number of nitrogens with zero attached hydrogens (tertiary/aromatic N) is 1. The predicted molar refractivity (Wildman–Crippen MR) is 91.5 cm³/mol. The van der Waals surface area contributed by atoms with Gasteiger partial charge in [-0.1, -0.05) is 0 Å². The van der Waals surface area contributed by atoms with Gasteiger partial charge in [0.05, 0.1) is 25.0 Å². The van der Waals surface area contributed by atoms with Crippen LogP contribution in [0.2, 0.25) is 0 Å². The number of carbonyl (C=O) groups is 1. The zero-order valence-corrected chi connectivity index (χ0v) is 14.3. The molecule has 0 fully saturated rings. The minimum absolute atomic E-state index is 0.0364. The minimum Gasteiger partial charge on any atom is -0.469 e. The average molecular weight is 358 g/mol. The number of hydrogen-bond acceptors (Lipinski definition) is 5. The molecule has 0 atom stereocenters. The Morgan fingerprint density at radius 1 is 1.27 bits per heavy atom. The molecule has 3 rings (SSSR count). The van der Waals surface area contributed by atoms with E-state index in [0.717, 1.165) is 18.6 Å². The van der Waals surface area contributed by atoms with Crippen molar-refractivity contribution in [3.63, 3.8) is 0 Å². The molecule has 0 saturated carbocycles. The molecule has 6 nitrogen and oxygen atoms in total. The smallest absolute Gasteiger partial charge is 0.249 e. The summed E-state index contributed by atoms with van der Waals surface area (Å²) in [6, 6.07) is 9.54. The summed E-state index contributed by atoms with van der Waals surface area (Å²) in [5, 5.41) is 0. The fraction of sp³-hybridized carbons (Fsp3) is 0.263. The Kier molecular flexibility index (Phi) is 5.80. The maximum atomic E-state index is 13.0. The van der Waals surface area contributed by atoms with Gasteiger partial charge in [-0.25, -0.2) is 14.9 Å². The monoisotopic (exact) mass is 358 g/mol. The van der Waals surface area contributed by atoms with Gasteiger partial charge in [0.2, 0.25) is 11.8 Å². The quantitative estimate of drug-likeness (QED) is 0.492. The molecule has 1 aromatic carbocycles. The van der Waals surface area contributed by atoms with E-state index in [9.17, 15) is 9.18 Å². The maximum absolute atomic E-state index is 13.0. The molecular formula is C19H19FN2O4. The highest BCUT2D eigenvalue weighted by Gasteiger charge is 2.15. The maximum Gasteiger partial charge on any atom is 0.249 e. The van der Waals surface area contributed by atoms with Gasteiger partial charge < -0.3 is 8.83 Å². The Balaban J connectivity index is 1.46. The first-order valence-corrected chi connectivity index (χ1v) is 8.27. The molecule has 2 aromatic heterocycles.